The molecule has 0 aromatic heterocycles. The van der Waals surface area contributed by atoms with E-state index in [4.69, 9.17) is 0 Å². The molecule has 40 heavy (non-hydrogen) atoms. The molecule has 9 heteroatoms. The Kier molecular flexibility index (Phi) is 26.4. The number of hydrogen-bond donors (Lipinski definition) is 2. The zero-order chi connectivity index (χ0) is 30.9. The topological polar surface area (TPSA) is 107 Å². The lowest BCUT2D eigenvalue weighted by molar-refractivity contribution is -0.894. The fraction of sp³-hybridized carbons (Fsp3) is 1.00. The number of nitrogens with zero attached hydrogens (tertiary/aromatic N) is 2. The van der Waals surface area contributed by atoms with Gasteiger partial charge >= 0.3 is 0 Å². The second kappa shape index (κ2) is 25.2. The molecule has 0 aromatic carbocycles. The van der Waals surface area contributed by atoms with E-state index in [0.717, 1.165) is 55.1 Å². The van der Waals surface area contributed by atoms with E-state index < -0.39 is 10.4 Å². The lowest BCUT2D eigenvalue weighted by atomic mass is 10.1. The van der Waals surface area contributed by atoms with E-state index in [1.54, 1.807) is 0 Å². The van der Waals surface area contributed by atoms with Crippen LogP contribution in [-0.4, -0.2) is 106 Å². The molecule has 0 spiro atoms. The van der Waals surface area contributed by atoms with Crippen LogP contribution in [0.1, 0.15) is 129 Å². The summed E-state index contributed by atoms with van der Waals surface area (Å²) in [7, 11) is 5.49. The van der Waals surface area contributed by atoms with Crippen molar-refractivity contribution in [3.63, 3.8) is 0 Å². The van der Waals surface area contributed by atoms with Crippen LogP contribution in [0.15, 0.2) is 0 Å². The molecule has 0 rings (SSSR count). The number of aliphatic hydroxyl groups is 2. The monoisotopic (exact) mass is 597 g/mol. The van der Waals surface area contributed by atoms with Gasteiger partial charge in [0.2, 0.25) is 10.4 Å². The van der Waals surface area contributed by atoms with Crippen LogP contribution >= 0.6 is 0 Å². The summed E-state index contributed by atoms with van der Waals surface area (Å²) >= 11 is 0. The highest BCUT2D eigenvalue weighted by Gasteiger charge is 2.21. The van der Waals surface area contributed by atoms with Gasteiger partial charge in [0.25, 0.3) is 0 Å². The molecule has 0 aromatic rings. The van der Waals surface area contributed by atoms with Gasteiger partial charge in [-0.3, -0.25) is 4.18 Å². The number of unbranched alkanes of at least 4 members (excludes halogenated alkanes) is 13. The van der Waals surface area contributed by atoms with Crippen molar-refractivity contribution in [3.8, 4) is 0 Å². The molecule has 0 aliphatic heterocycles. The first-order valence-corrected chi connectivity index (χ1v) is 17.5. The van der Waals surface area contributed by atoms with Crippen LogP contribution in [-0.2, 0) is 14.6 Å². The average Bonchev–Trinajstić information content (AvgIpc) is 2.85. The van der Waals surface area contributed by atoms with Gasteiger partial charge in [0.05, 0.1) is 48.4 Å². The lowest BCUT2D eigenvalue weighted by Gasteiger charge is -2.33. The fourth-order valence-corrected chi connectivity index (χ4v) is 5.26. The highest BCUT2D eigenvalue weighted by atomic mass is 32.3. The number of rotatable bonds is 26. The first-order chi connectivity index (χ1) is 18.7. The molecule has 0 saturated heterocycles. The summed E-state index contributed by atoms with van der Waals surface area (Å²) in [5.41, 5.74) is 0. The van der Waals surface area contributed by atoms with Gasteiger partial charge in [-0.1, -0.05) is 90.9 Å². The summed E-state index contributed by atoms with van der Waals surface area (Å²) in [5, 5.41) is 20.9. The Morgan fingerprint density at radius 2 is 0.875 bits per heavy atom. The smallest absolute Gasteiger partial charge is 0.217 e. The van der Waals surface area contributed by atoms with Gasteiger partial charge in [0, 0.05) is 0 Å². The molecule has 2 unspecified atom stereocenters. The van der Waals surface area contributed by atoms with Crippen molar-refractivity contribution in [2.45, 2.75) is 142 Å². The molecule has 0 aliphatic rings. The van der Waals surface area contributed by atoms with E-state index in [2.05, 4.69) is 46.2 Å². The second-order valence-corrected chi connectivity index (χ2v) is 14.2. The number of likely N-dealkylation sites (N-methyl/N-ethyl adjacent to an activating group) is 2. The Labute approximate surface area is 249 Å². The van der Waals surface area contributed by atoms with E-state index in [-0.39, 0.29) is 12.2 Å². The minimum absolute atomic E-state index is 0.151. The van der Waals surface area contributed by atoms with Gasteiger partial charge < -0.3 is 23.7 Å². The Balaban J connectivity index is 0. The zero-order valence-electron chi connectivity index (χ0n) is 27.5. The Morgan fingerprint density at radius 1 is 0.600 bits per heavy atom. The van der Waals surface area contributed by atoms with Crippen LogP contribution < -0.4 is 0 Å². The molecule has 0 radical (unpaired) electrons. The summed E-state index contributed by atoms with van der Waals surface area (Å²) in [4.78, 5) is 0. The Morgan fingerprint density at radius 3 is 1.18 bits per heavy atom. The molecule has 0 heterocycles. The normalized spacial score (nSPS) is 14.1. The van der Waals surface area contributed by atoms with E-state index in [1.807, 2.05) is 0 Å². The van der Waals surface area contributed by atoms with Crippen LogP contribution in [0, 0.1) is 0 Å². The van der Waals surface area contributed by atoms with Gasteiger partial charge in [-0.2, -0.15) is 0 Å². The number of quaternary nitrogens is 2. The Hall–Kier alpha value is -0.290. The van der Waals surface area contributed by atoms with Crippen LogP contribution in [0.25, 0.3) is 0 Å². The van der Waals surface area contributed by atoms with Gasteiger partial charge in [0.15, 0.2) is 0 Å². The minimum atomic E-state index is -4.41. The third-order valence-electron chi connectivity index (χ3n) is 7.67. The molecule has 0 saturated carbocycles. The van der Waals surface area contributed by atoms with Crippen molar-refractivity contribution >= 4 is 10.4 Å². The zero-order valence-corrected chi connectivity index (χ0v) is 28.4. The van der Waals surface area contributed by atoms with Crippen molar-refractivity contribution < 1.29 is 36.3 Å². The van der Waals surface area contributed by atoms with Gasteiger partial charge in [0.1, 0.15) is 25.3 Å². The van der Waals surface area contributed by atoms with Gasteiger partial charge in [-0.25, -0.2) is 8.42 Å². The van der Waals surface area contributed by atoms with Crippen LogP contribution in [0.5, 0.6) is 0 Å². The van der Waals surface area contributed by atoms with E-state index >= 15 is 0 Å². The molecular formula is C31H69N2O6S+. The van der Waals surface area contributed by atoms with Crippen LogP contribution in [0.3, 0.4) is 0 Å². The Bertz CT molecular complexity index is 618. The maximum absolute atomic E-state index is 10.5. The molecule has 0 fully saturated rings. The highest BCUT2D eigenvalue weighted by Crippen LogP contribution is 2.14. The first-order valence-electron chi connectivity index (χ1n) is 16.2. The van der Waals surface area contributed by atoms with E-state index in [9.17, 15) is 23.2 Å². The average molecular weight is 598 g/mol. The third kappa shape index (κ3) is 32.2. The molecule has 244 valence electrons. The van der Waals surface area contributed by atoms with Gasteiger partial charge in [-0.15, -0.1) is 0 Å². The van der Waals surface area contributed by atoms with Crippen molar-refractivity contribution in [1.82, 2.24) is 0 Å². The molecule has 8 nitrogen and oxygen atoms in total. The predicted octanol–water partition coefficient (Wildman–Crippen LogP) is 6.02. The minimum Gasteiger partial charge on any atom is -0.726 e. The summed E-state index contributed by atoms with van der Waals surface area (Å²) in [6, 6.07) is 0. The van der Waals surface area contributed by atoms with Gasteiger partial charge in [-0.05, 0) is 38.5 Å². The quantitative estimate of drug-likeness (QED) is 0.0547. The predicted molar refractivity (Wildman–Crippen MR) is 167 cm³/mol. The molecule has 0 aliphatic carbocycles. The summed E-state index contributed by atoms with van der Waals surface area (Å²) in [6.07, 6.45) is 22.2. The lowest BCUT2D eigenvalue weighted by Crippen LogP contribution is -2.46. The van der Waals surface area contributed by atoms with Crippen molar-refractivity contribution in [3.05, 3.63) is 0 Å². The SMILES string of the molecule is CCCCCCCCC(O)C[N+](C)(C)CCCCCC[N+](C)(C)CC(O)CCCCCCCC.COS(=O)(=O)[O-]. The molecule has 0 amide bonds. The molecule has 2 atom stereocenters. The third-order valence-corrected chi connectivity index (χ3v) is 8.08. The fourth-order valence-electron chi connectivity index (χ4n) is 5.26. The summed E-state index contributed by atoms with van der Waals surface area (Å²) in [6.45, 7) is 8.60. The van der Waals surface area contributed by atoms with E-state index in [1.165, 1.54) is 103 Å². The van der Waals surface area contributed by atoms with Crippen molar-refractivity contribution in [2.24, 2.45) is 0 Å². The van der Waals surface area contributed by atoms with Crippen molar-refractivity contribution in [2.75, 3.05) is 61.5 Å². The molecule has 0 bridgehead atoms. The summed E-state index contributed by atoms with van der Waals surface area (Å²) in [5.74, 6) is 0. The first kappa shape index (κ1) is 41.8. The standard InChI is InChI=1S/C30H66N2O2.CH4O4S/c1-7-9-11-13-15-19-23-29(33)27-31(3,4)25-21-17-18-22-26-32(5,6)28-30(34)24-20-16-14-12-10-8-2;1-5-6(2,3)4/h29-30,33-34H,7-28H2,1-6H3;1H3,(H,2,3,4)/q+2;/p-1. The van der Waals surface area contributed by atoms with Crippen molar-refractivity contribution in [1.29, 1.82) is 0 Å². The number of hydrogen-bond acceptors (Lipinski definition) is 6. The van der Waals surface area contributed by atoms with Crippen LogP contribution in [0.2, 0.25) is 0 Å². The molecular weight excluding hydrogens is 528 g/mol. The largest absolute Gasteiger partial charge is 0.726 e. The maximum Gasteiger partial charge on any atom is 0.217 e. The molecule has 2 N–H and O–H groups in total. The van der Waals surface area contributed by atoms with E-state index in [0.29, 0.717) is 0 Å². The second-order valence-electron chi connectivity index (χ2n) is 13.1. The summed E-state index contributed by atoms with van der Waals surface area (Å²) < 4.78 is 32.9. The highest BCUT2D eigenvalue weighted by molar-refractivity contribution is 7.80. The van der Waals surface area contributed by atoms with Crippen LogP contribution in [0.4, 0.5) is 0 Å². The number of aliphatic hydroxyl groups excluding tert-OH is 2. The maximum atomic E-state index is 10.5.